The minimum absolute atomic E-state index is 0.259. The summed E-state index contributed by atoms with van der Waals surface area (Å²) in [5.74, 6) is 2.30. The van der Waals surface area contributed by atoms with Crippen LogP contribution in [0.15, 0.2) is 0 Å². The zero-order valence-electron chi connectivity index (χ0n) is 12.2. The first-order valence-electron chi connectivity index (χ1n) is 7.99. The van der Waals surface area contributed by atoms with E-state index in [1.54, 1.807) is 0 Å². The molecule has 1 aliphatic carbocycles. The van der Waals surface area contributed by atoms with E-state index in [1.165, 1.54) is 32.1 Å². The van der Waals surface area contributed by atoms with Gasteiger partial charge < -0.3 is 10.1 Å². The van der Waals surface area contributed by atoms with E-state index in [1.807, 2.05) is 0 Å². The van der Waals surface area contributed by atoms with Crippen LogP contribution in [-0.2, 0) is 15.5 Å². The maximum atomic E-state index is 12.3. The molecule has 1 saturated heterocycles. The Hall–Kier alpha value is 0.0700. The van der Waals surface area contributed by atoms with Crippen molar-refractivity contribution >= 4 is 10.8 Å². The van der Waals surface area contributed by atoms with Crippen molar-refractivity contribution in [3.05, 3.63) is 0 Å². The molecule has 1 aliphatic heterocycles. The van der Waals surface area contributed by atoms with Gasteiger partial charge in [-0.3, -0.25) is 4.21 Å². The average Bonchev–Trinajstić information content (AvgIpc) is 2.92. The number of nitrogens with one attached hydrogen (secondary N) is 1. The largest absolute Gasteiger partial charge is 0.377 e. The molecule has 4 heteroatoms. The van der Waals surface area contributed by atoms with Gasteiger partial charge in [-0.1, -0.05) is 26.2 Å². The molecule has 1 saturated carbocycles. The van der Waals surface area contributed by atoms with Crippen LogP contribution < -0.4 is 5.32 Å². The summed E-state index contributed by atoms with van der Waals surface area (Å²) in [4.78, 5) is 0. The average molecular weight is 287 g/mol. The van der Waals surface area contributed by atoms with E-state index in [-0.39, 0.29) is 6.10 Å². The first-order valence-corrected chi connectivity index (χ1v) is 9.48. The zero-order valence-corrected chi connectivity index (χ0v) is 13.1. The van der Waals surface area contributed by atoms with Crippen LogP contribution in [0.3, 0.4) is 0 Å². The summed E-state index contributed by atoms with van der Waals surface area (Å²) in [6, 6.07) is 0.451. The van der Waals surface area contributed by atoms with Gasteiger partial charge >= 0.3 is 0 Å². The summed E-state index contributed by atoms with van der Waals surface area (Å²) < 4.78 is 17.9. The molecule has 2 aliphatic rings. The van der Waals surface area contributed by atoms with Gasteiger partial charge in [-0.15, -0.1) is 0 Å². The van der Waals surface area contributed by atoms with Crippen molar-refractivity contribution in [2.45, 2.75) is 64.0 Å². The monoisotopic (exact) mass is 287 g/mol. The van der Waals surface area contributed by atoms with E-state index in [9.17, 15) is 4.21 Å². The van der Waals surface area contributed by atoms with Crippen LogP contribution in [0.1, 0.15) is 51.9 Å². The number of ether oxygens (including phenoxy) is 1. The lowest BCUT2D eigenvalue weighted by molar-refractivity contribution is 0.128. The van der Waals surface area contributed by atoms with Crippen molar-refractivity contribution in [2.75, 3.05) is 24.7 Å². The van der Waals surface area contributed by atoms with Gasteiger partial charge in [0.2, 0.25) is 0 Å². The van der Waals surface area contributed by atoms with Gasteiger partial charge in [0, 0.05) is 35.0 Å². The van der Waals surface area contributed by atoms with Crippen LogP contribution in [-0.4, -0.2) is 41.0 Å². The Kier molecular flexibility index (Phi) is 6.82. The Labute approximate surface area is 120 Å². The number of hydrogen-bond donors (Lipinski definition) is 1. The predicted molar refractivity (Wildman–Crippen MR) is 80.9 cm³/mol. The summed E-state index contributed by atoms with van der Waals surface area (Å²) in [5, 5.41) is 3.57. The zero-order chi connectivity index (χ0) is 13.5. The lowest BCUT2D eigenvalue weighted by Gasteiger charge is -2.30. The molecule has 1 heterocycles. The minimum Gasteiger partial charge on any atom is -0.377 e. The highest BCUT2D eigenvalue weighted by Gasteiger charge is 2.26. The topological polar surface area (TPSA) is 38.3 Å². The third kappa shape index (κ3) is 5.16. The van der Waals surface area contributed by atoms with Crippen molar-refractivity contribution in [2.24, 2.45) is 5.92 Å². The maximum absolute atomic E-state index is 12.3. The molecule has 2 rings (SSSR count). The predicted octanol–water partition coefficient (Wildman–Crippen LogP) is 2.47. The second kappa shape index (κ2) is 8.38. The smallest absolute Gasteiger partial charge is 0.0691 e. The molecule has 0 bridgehead atoms. The van der Waals surface area contributed by atoms with E-state index in [4.69, 9.17) is 4.74 Å². The molecule has 0 aromatic heterocycles. The normalized spacial score (nSPS) is 28.4. The summed E-state index contributed by atoms with van der Waals surface area (Å²) >= 11 is 0. The molecule has 0 radical (unpaired) electrons. The molecule has 1 N–H and O–H groups in total. The van der Waals surface area contributed by atoms with Crippen molar-refractivity contribution in [1.29, 1.82) is 0 Å². The Balaban J connectivity index is 1.78. The van der Waals surface area contributed by atoms with Crippen LogP contribution in [0, 0.1) is 5.92 Å². The molecule has 0 aromatic carbocycles. The van der Waals surface area contributed by atoms with Crippen molar-refractivity contribution in [3.63, 3.8) is 0 Å². The second-order valence-corrected chi connectivity index (χ2v) is 7.52. The summed E-state index contributed by atoms with van der Waals surface area (Å²) in [6.07, 6.45) is 9.21. The fourth-order valence-electron chi connectivity index (χ4n) is 3.41. The van der Waals surface area contributed by atoms with E-state index in [2.05, 4.69) is 12.2 Å². The van der Waals surface area contributed by atoms with E-state index >= 15 is 0 Å². The first-order chi connectivity index (χ1) is 9.29. The van der Waals surface area contributed by atoms with Crippen molar-refractivity contribution in [3.8, 4) is 0 Å². The van der Waals surface area contributed by atoms with Gasteiger partial charge in [-0.05, 0) is 38.1 Å². The fraction of sp³-hybridized carbons (Fsp3) is 1.00. The van der Waals surface area contributed by atoms with Gasteiger partial charge in [-0.2, -0.15) is 0 Å². The van der Waals surface area contributed by atoms with E-state index in [0.717, 1.165) is 43.4 Å². The Bertz CT molecular complexity index is 273. The Morgan fingerprint density at radius 2 is 2.00 bits per heavy atom. The van der Waals surface area contributed by atoms with Gasteiger partial charge in [0.15, 0.2) is 0 Å². The molecule has 0 aromatic rings. The highest BCUT2D eigenvalue weighted by atomic mass is 32.2. The van der Waals surface area contributed by atoms with Gasteiger partial charge in [0.25, 0.3) is 0 Å². The van der Waals surface area contributed by atoms with Gasteiger partial charge in [-0.25, -0.2) is 0 Å². The molecular formula is C15H29NO2S. The van der Waals surface area contributed by atoms with Crippen LogP contribution in [0.2, 0.25) is 0 Å². The quantitative estimate of drug-likeness (QED) is 0.782. The summed E-state index contributed by atoms with van der Waals surface area (Å²) in [5.41, 5.74) is 0. The van der Waals surface area contributed by atoms with Crippen molar-refractivity contribution < 1.29 is 8.95 Å². The molecule has 3 nitrogen and oxygen atoms in total. The summed E-state index contributed by atoms with van der Waals surface area (Å²) in [7, 11) is -0.731. The molecular weight excluding hydrogens is 258 g/mol. The van der Waals surface area contributed by atoms with Gasteiger partial charge in [0.05, 0.1) is 6.10 Å². The highest BCUT2D eigenvalue weighted by molar-refractivity contribution is 7.85. The first kappa shape index (κ1) is 15.5. The van der Waals surface area contributed by atoms with Crippen LogP contribution in [0.5, 0.6) is 0 Å². The molecule has 112 valence electrons. The minimum atomic E-state index is -0.731. The van der Waals surface area contributed by atoms with Crippen molar-refractivity contribution in [1.82, 2.24) is 5.32 Å². The number of rotatable bonds is 7. The fourth-order valence-corrected chi connectivity index (χ4v) is 5.02. The van der Waals surface area contributed by atoms with Crippen LogP contribution >= 0.6 is 0 Å². The molecule has 0 spiro atoms. The Morgan fingerprint density at radius 3 is 2.63 bits per heavy atom. The van der Waals surface area contributed by atoms with Crippen LogP contribution in [0.4, 0.5) is 0 Å². The highest BCUT2D eigenvalue weighted by Crippen LogP contribution is 2.27. The molecule has 19 heavy (non-hydrogen) atoms. The molecule has 3 unspecified atom stereocenters. The molecule has 3 atom stereocenters. The number of hydrogen-bond acceptors (Lipinski definition) is 3. The standard InChI is InChI=1S/C15H29NO2S/c1-2-16-15(13-7-4-3-5-8-13)12-19(17)11-14-9-6-10-18-14/h13-16H,2-12H2,1H3. The molecule has 2 fully saturated rings. The Morgan fingerprint density at radius 1 is 1.21 bits per heavy atom. The van der Waals surface area contributed by atoms with E-state index < -0.39 is 10.8 Å². The maximum Gasteiger partial charge on any atom is 0.0691 e. The third-order valence-electron chi connectivity index (χ3n) is 4.45. The lowest BCUT2D eigenvalue weighted by Crippen LogP contribution is -2.42. The van der Waals surface area contributed by atoms with E-state index in [0.29, 0.717) is 6.04 Å². The third-order valence-corrected chi connectivity index (χ3v) is 5.92. The summed E-state index contributed by atoms with van der Waals surface area (Å²) in [6.45, 7) is 4.00. The molecule has 0 amide bonds. The second-order valence-electron chi connectivity index (χ2n) is 5.97. The van der Waals surface area contributed by atoms with Gasteiger partial charge in [0.1, 0.15) is 0 Å². The van der Waals surface area contributed by atoms with Crippen LogP contribution in [0.25, 0.3) is 0 Å². The lowest BCUT2D eigenvalue weighted by atomic mass is 9.84. The SMILES string of the molecule is CCNC(CS(=O)CC1CCCO1)C1CCCCC1.